The van der Waals surface area contributed by atoms with E-state index in [4.69, 9.17) is 15.2 Å². The number of pyridine rings is 1. The summed E-state index contributed by atoms with van der Waals surface area (Å²) in [7, 11) is 0. The molecule has 1 fully saturated rings. The van der Waals surface area contributed by atoms with Crippen LogP contribution < -0.4 is 16.0 Å². The van der Waals surface area contributed by atoms with Gasteiger partial charge in [-0.05, 0) is 64.2 Å². The summed E-state index contributed by atoms with van der Waals surface area (Å²) < 4.78 is 39.4. The molecular formula is C25H29F2N3O4. The standard InChI is InChI=1S/C25H29F2N3O4/c1-12-5-6-17(24(32)29-12)20-13(2)21-18(11-19(20)34-25(26)27)30(15(4)22(21)23(28)31)14(3)16-7-9-33-10-8-16/h5-6,11,14,16,25H,7-10H2,1-4H3,(H2,28,31)(H,29,32). The number of carbonyl (C=O) groups is 1. The lowest BCUT2D eigenvalue weighted by atomic mass is 9.92. The van der Waals surface area contributed by atoms with Crippen LogP contribution in [0.25, 0.3) is 22.0 Å². The van der Waals surface area contributed by atoms with E-state index in [0.29, 0.717) is 46.6 Å². The molecule has 9 heteroatoms. The molecule has 2 aromatic heterocycles. The highest BCUT2D eigenvalue weighted by atomic mass is 19.3. The number of amides is 1. The van der Waals surface area contributed by atoms with Gasteiger partial charge in [0.2, 0.25) is 0 Å². The predicted octanol–water partition coefficient (Wildman–Crippen LogP) is 4.61. The number of benzene rings is 1. The van der Waals surface area contributed by atoms with Crippen LogP contribution in [0.3, 0.4) is 0 Å². The van der Waals surface area contributed by atoms with Crippen molar-refractivity contribution in [3.8, 4) is 16.9 Å². The van der Waals surface area contributed by atoms with Gasteiger partial charge in [0.1, 0.15) is 5.75 Å². The van der Waals surface area contributed by atoms with E-state index in [-0.39, 0.29) is 28.8 Å². The molecule has 34 heavy (non-hydrogen) atoms. The number of nitrogens with zero attached hydrogens (tertiary/aromatic N) is 1. The number of nitrogens with one attached hydrogen (secondary N) is 1. The van der Waals surface area contributed by atoms with Gasteiger partial charge in [0.25, 0.3) is 11.5 Å². The molecule has 0 bridgehead atoms. The van der Waals surface area contributed by atoms with Gasteiger partial charge in [-0.15, -0.1) is 0 Å². The van der Waals surface area contributed by atoms with Crippen molar-refractivity contribution in [2.24, 2.45) is 11.7 Å². The monoisotopic (exact) mass is 473 g/mol. The van der Waals surface area contributed by atoms with Crippen LogP contribution in [-0.2, 0) is 4.74 Å². The lowest BCUT2D eigenvalue weighted by molar-refractivity contribution is -0.0494. The van der Waals surface area contributed by atoms with Crippen molar-refractivity contribution < 1.29 is 23.0 Å². The van der Waals surface area contributed by atoms with Gasteiger partial charge in [-0.25, -0.2) is 0 Å². The van der Waals surface area contributed by atoms with E-state index in [2.05, 4.69) is 11.9 Å². The molecule has 3 N–H and O–H groups in total. The molecule has 1 unspecified atom stereocenters. The van der Waals surface area contributed by atoms with Crippen molar-refractivity contribution in [2.75, 3.05) is 13.2 Å². The molecule has 182 valence electrons. The topological polar surface area (TPSA) is 99.3 Å². The maximum atomic E-state index is 13.5. The summed E-state index contributed by atoms with van der Waals surface area (Å²) in [5.74, 6) is -0.457. The smallest absolute Gasteiger partial charge is 0.387 e. The Labute approximate surface area is 195 Å². The number of alkyl halides is 2. The van der Waals surface area contributed by atoms with Gasteiger partial charge < -0.3 is 24.8 Å². The number of fused-ring (bicyclic) bond motifs is 1. The predicted molar refractivity (Wildman–Crippen MR) is 126 cm³/mol. The van der Waals surface area contributed by atoms with Crippen molar-refractivity contribution in [3.05, 3.63) is 51.1 Å². The lowest BCUT2D eigenvalue weighted by Crippen LogP contribution is -2.25. The highest BCUT2D eigenvalue weighted by Crippen LogP contribution is 2.43. The van der Waals surface area contributed by atoms with Gasteiger partial charge in [0.05, 0.1) is 16.6 Å². The first-order chi connectivity index (χ1) is 16.1. The maximum Gasteiger partial charge on any atom is 0.387 e. The number of primary amides is 1. The number of hydrogen-bond donors (Lipinski definition) is 2. The first-order valence-corrected chi connectivity index (χ1v) is 11.3. The summed E-state index contributed by atoms with van der Waals surface area (Å²) in [6.45, 7) is 5.49. The number of halogens is 2. The summed E-state index contributed by atoms with van der Waals surface area (Å²) in [5, 5.41) is 0.542. The molecular weight excluding hydrogens is 444 g/mol. The normalized spacial score (nSPS) is 15.7. The minimum Gasteiger partial charge on any atom is -0.434 e. The fraction of sp³-hybridized carbons (Fsp3) is 0.440. The van der Waals surface area contributed by atoms with Crippen molar-refractivity contribution in [2.45, 2.75) is 53.2 Å². The van der Waals surface area contributed by atoms with Crippen LogP contribution in [0.1, 0.15) is 53.1 Å². The molecule has 0 spiro atoms. The second-order valence-electron chi connectivity index (χ2n) is 8.92. The Hall–Kier alpha value is -3.20. The largest absolute Gasteiger partial charge is 0.434 e. The van der Waals surface area contributed by atoms with E-state index in [1.807, 2.05) is 4.57 Å². The van der Waals surface area contributed by atoms with E-state index < -0.39 is 18.1 Å². The summed E-state index contributed by atoms with van der Waals surface area (Å²) in [4.78, 5) is 28.1. The molecule has 4 rings (SSSR count). The van der Waals surface area contributed by atoms with Gasteiger partial charge in [0.15, 0.2) is 0 Å². The summed E-state index contributed by atoms with van der Waals surface area (Å²) >= 11 is 0. The van der Waals surface area contributed by atoms with Gasteiger partial charge >= 0.3 is 6.61 Å². The molecule has 0 aliphatic carbocycles. The van der Waals surface area contributed by atoms with Crippen LogP contribution in [0.15, 0.2) is 23.0 Å². The fourth-order valence-electron chi connectivity index (χ4n) is 5.29. The Kier molecular flexibility index (Phi) is 6.49. The number of rotatable bonds is 6. The molecule has 1 aromatic carbocycles. The quantitative estimate of drug-likeness (QED) is 0.546. The second kappa shape index (κ2) is 9.21. The molecule has 3 heterocycles. The van der Waals surface area contributed by atoms with Crippen molar-refractivity contribution >= 4 is 16.8 Å². The van der Waals surface area contributed by atoms with E-state index in [1.54, 1.807) is 32.9 Å². The number of aryl methyl sites for hydroxylation is 2. The molecule has 7 nitrogen and oxygen atoms in total. The zero-order valence-corrected chi connectivity index (χ0v) is 19.7. The average Bonchev–Trinajstić information content (AvgIpc) is 3.07. The zero-order valence-electron chi connectivity index (χ0n) is 19.7. The maximum absolute atomic E-state index is 13.5. The van der Waals surface area contributed by atoms with Crippen LogP contribution in [0.2, 0.25) is 0 Å². The number of nitrogens with two attached hydrogens (primary N) is 1. The van der Waals surface area contributed by atoms with Crippen molar-refractivity contribution in [1.82, 2.24) is 9.55 Å². The number of aromatic nitrogens is 2. The Balaban J connectivity index is 2.07. The number of ether oxygens (including phenoxy) is 2. The van der Waals surface area contributed by atoms with Gasteiger partial charge in [-0.1, -0.05) is 0 Å². The molecule has 0 radical (unpaired) electrons. The lowest BCUT2D eigenvalue weighted by Gasteiger charge is -2.30. The molecule has 0 saturated carbocycles. The Morgan fingerprint density at radius 1 is 1.24 bits per heavy atom. The van der Waals surface area contributed by atoms with Gasteiger partial charge in [-0.2, -0.15) is 8.78 Å². The van der Waals surface area contributed by atoms with Crippen molar-refractivity contribution in [3.63, 3.8) is 0 Å². The molecule has 1 amide bonds. The summed E-state index contributed by atoms with van der Waals surface area (Å²) in [6.07, 6.45) is 1.70. The molecule has 1 saturated heterocycles. The van der Waals surface area contributed by atoms with Crippen LogP contribution in [0, 0.1) is 26.7 Å². The zero-order chi connectivity index (χ0) is 24.7. The Bertz CT molecular complexity index is 1310. The van der Waals surface area contributed by atoms with Gasteiger partial charge in [0, 0.05) is 47.7 Å². The molecule has 1 aliphatic heterocycles. The van der Waals surface area contributed by atoms with E-state index in [1.165, 1.54) is 6.07 Å². The average molecular weight is 474 g/mol. The van der Waals surface area contributed by atoms with Crippen molar-refractivity contribution in [1.29, 1.82) is 0 Å². The van der Waals surface area contributed by atoms with Crippen LogP contribution in [0.5, 0.6) is 5.75 Å². The number of H-pyrrole nitrogens is 1. The Morgan fingerprint density at radius 2 is 1.91 bits per heavy atom. The van der Waals surface area contributed by atoms with Crippen LogP contribution in [0.4, 0.5) is 8.78 Å². The highest BCUT2D eigenvalue weighted by molar-refractivity contribution is 6.11. The Morgan fingerprint density at radius 3 is 2.50 bits per heavy atom. The number of carbonyl (C=O) groups excluding carboxylic acids is 1. The van der Waals surface area contributed by atoms with E-state index in [9.17, 15) is 18.4 Å². The molecule has 1 atom stereocenters. The van der Waals surface area contributed by atoms with Crippen LogP contribution >= 0.6 is 0 Å². The first-order valence-electron chi connectivity index (χ1n) is 11.3. The van der Waals surface area contributed by atoms with E-state index >= 15 is 0 Å². The van der Waals surface area contributed by atoms with Crippen LogP contribution in [-0.4, -0.2) is 35.3 Å². The van der Waals surface area contributed by atoms with Gasteiger partial charge in [-0.3, -0.25) is 9.59 Å². The first kappa shape index (κ1) is 23.9. The second-order valence-corrected chi connectivity index (χ2v) is 8.92. The third kappa shape index (κ3) is 4.09. The summed E-state index contributed by atoms with van der Waals surface area (Å²) in [5.41, 5.74) is 8.43. The third-order valence-corrected chi connectivity index (χ3v) is 6.90. The number of hydrogen-bond acceptors (Lipinski definition) is 4. The number of aromatic amines is 1. The summed E-state index contributed by atoms with van der Waals surface area (Å²) in [6, 6.07) is 4.72. The SMILES string of the molecule is Cc1ccc(-c2c(OC(F)F)cc3c(c2C)c(C(N)=O)c(C)n3C(C)C2CCOCC2)c(=O)[nH]1. The fourth-order valence-corrected chi connectivity index (χ4v) is 5.29. The molecule has 1 aliphatic rings. The highest BCUT2D eigenvalue weighted by Gasteiger charge is 2.30. The minimum absolute atomic E-state index is 0.0353. The minimum atomic E-state index is -3.09. The third-order valence-electron chi connectivity index (χ3n) is 6.90. The molecule has 3 aromatic rings. The van der Waals surface area contributed by atoms with E-state index in [0.717, 1.165) is 12.8 Å².